The molecule has 1 fully saturated rings. The summed E-state index contributed by atoms with van der Waals surface area (Å²) in [5, 5.41) is 18.2. The molecule has 1 aromatic heterocycles. The summed E-state index contributed by atoms with van der Waals surface area (Å²) in [6.45, 7) is 5.06. The van der Waals surface area contributed by atoms with Crippen LogP contribution >= 0.6 is 11.8 Å². The molecule has 0 amide bonds. The number of anilines is 1. The van der Waals surface area contributed by atoms with E-state index in [-0.39, 0.29) is 0 Å². The van der Waals surface area contributed by atoms with Gasteiger partial charge in [0, 0.05) is 13.1 Å². The highest BCUT2D eigenvalue weighted by molar-refractivity contribution is 7.99. The van der Waals surface area contributed by atoms with Gasteiger partial charge in [-0.25, -0.2) is 0 Å². The molecule has 0 N–H and O–H groups in total. The molecule has 3 rings (SSSR count). The van der Waals surface area contributed by atoms with Crippen LogP contribution in [-0.4, -0.2) is 46.8 Å². The lowest BCUT2D eigenvalue weighted by atomic mass is 10.2. The van der Waals surface area contributed by atoms with Crippen molar-refractivity contribution in [2.24, 2.45) is 0 Å². The van der Waals surface area contributed by atoms with Crippen molar-refractivity contribution in [2.75, 3.05) is 37.0 Å². The van der Waals surface area contributed by atoms with Crippen LogP contribution in [0.4, 0.5) is 5.95 Å². The number of aryl methyl sites for hydroxylation is 1. The molecule has 0 radical (unpaired) electrons. The number of nitriles is 1. The molecule has 1 aliphatic heterocycles. The first kappa shape index (κ1) is 14.9. The van der Waals surface area contributed by atoms with Gasteiger partial charge in [0.25, 0.3) is 0 Å². The summed E-state index contributed by atoms with van der Waals surface area (Å²) >= 11 is 1.41. The number of rotatable bonds is 4. The molecule has 1 saturated heterocycles. The van der Waals surface area contributed by atoms with Gasteiger partial charge in [-0.15, -0.1) is 10.2 Å². The van der Waals surface area contributed by atoms with E-state index in [0.29, 0.717) is 19.0 Å². The molecule has 114 valence electrons. The van der Waals surface area contributed by atoms with Gasteiger partial charge in [-0.3, -0.25) is 4.57 Å². The first-order valence-electron chi connectivity index (χ1n) is 7.15. The summed E-state index contributed by atoms with van der Waals surface area (Å²) in [5.41, 5.74) is 2.20. The minimum Gasteiger partial charge on any atom is -0.378 e. The van der Waals surface area contributed by atoms with Crippen molar-refractivity contribution >= 4 is 17.7 Å². The van der Waals surface area contributed by atoms with Crippen molar-refractivity contribution in [3.05, 3.63) is 29.8 Å². The maximum absolute atomic E-state index is 8.84. The number of hydrogen-bond acceptors (Lipinski definition) is 6. The maximum Gasteiger partial charge on any atom is 0.232 e. The number of benzene rings is 1. The Bertz CT molecular complexity index is 687. The largest absolute Gasteiger partial charge is 0.378 e. The van der Waals surface area contributed by atoms with Crippen LogP contribution in [0.2, 0.25) is 0 Å². The van der Waals surface area contributed by atoms with Crippen LogP contribution in [0.1, 0.15) is 5.56 Å². The van der Waals surface area contributed by atoms with Crippen LogP contribution in [0, 0.1) is 18.3 Å². The van der Waals surface area contributed by atoms with Crippen molar-refractivity contribution in [1.29, 1.82) is 5.26 Å². The van der Waals surface area contributed by atoms with E-state index < -0.39 is 0 Å². The number of aromatic nitrogens is 3. The van der Waals surface area contributed by atoms with Crippen LogP contribution in [0.5, 0.6) is 0 Å². The maximum atomic E-state index is 8.84. The quantitative estimate of drug-likeness (QED) is 0.804. The Labute approximate surface area is 133 Å². The van der Waals surface area contributed by atoms with Gasteiger partial charge in [-0.1, -0.05) is 30.0 Å². The fourth-order valence-corrected chi connectivity index (χ4v) is 3.05. The van der Waals surface area contributed by atoms with Gasteiger partial charge >= 0.3 is 0 Å². The molecule has 0 saturated carbocycles. The number of ether oxygens (including phenoxy) is 1. The zero-order valence-electron chi connectivity index (χ0n) is 12.4. The second kappa shape index (κ2) is 6.81. The molecule has 1 aliphatic rings. The Balaban J connectivity index is 2.05. The van der Waals surface area contributed by atoms with Gasteiger partial charge in [0.15, 0.2) is 5.16 Å². The Kier molecular flexibility index (Phi) is 4.61. The zero-order chi connectivity index (χ0) is 15.4. The van der Waals surface area contributed by atoms with Crippen LogP contribution < -0.4 is 4.90 Å². The fourth-order valence-electron chi connectivity index (χ4n) is 2.45. The van der Waals surface area contributed by atoms with Gasteiger partial charge < -0.3 is 9.64 Å². The van der Waals surface area contributed by atoms with E-state index in [2.05, 4.69) is 40.2 Å². The number of morpholine rings is 1. The summed E-state index contributed by atoms with van der Waals surface area (Å²) in [6, 6.07) is 10.3. The Morgan fingerprint density at radius 2 is 2.05 bits per heavy atom. The highest BCUT2D eigenvalue weighted by Crippen LogP contribution is 2.28. The predicted octanol–water partition coefficient (Wildman–Crippen LogP) is 2.03. The number of thioether (sulfide) groups is 1. The first-order valence-corrected chi connectivity index (χ1v) is 8.13. The van der Waals surface area contributed by atoms with Crippen LogP contribution in [0.25, 0.3) is 5.69 Å². The highest BCUT2D eigenvalue weighted by Gasteiger charge is 2.22. The molecule has 0 atom stereocenters. The van der Waals surface area contributed by atoms with Gasteiger partial charge in [0.1, 0.15) is 0 Å². The third-order valence-electron chi connectivity index (χ3n) is 3.53. The summed E-state index contributed by atoms with van der Waals surface area (Å²) < 4.78 is 7.46. The third kappa shape index (κ3) is 2.93. The average Bonchev–Trinajstić information content (AvgIpc) is 2.98. The standard InChI is InChI=1S/C15H17N5OS/c1-12-4-2-3-5-13(12)20-14(19-7-9-21-10-8-19)17-18-15(20)22-11-6-16/h2-5H,7-11H2,1H3. The summed E-state index contributed by atoms with van der Waals surface area (Å²) in [4.78, 5) is 2.18. The number of para-hydroxylation sites is 1. The average molecular weight is 315 g/mol. The van der Waals surface area contributed by atoms with Crippen LogP contribution in [-0.2, 0) is 4.74 Å². The molecule has 0 bridgehead atoms. The van der Waals surface area contributed by atoms with E-state index in [4.69, 9.17) is 10.00 Å². The predicted molar refractivity (Wildman–Crippen MR) is 85.5 cm³/mol. The zero-order valence-corrected chi connectivity index (χ0v) is 13.2. The van der Waals surface area contributed by atoms with E-state index in [1.165, 1.54) is 11.8 Å². The van der Waals surface area contributed by atoms with E-state index in [1.807, 2.05) is 16.7 Å². The molecule has 0 spiro atoms. The number of hydrogen-bond donors (Lipinski definition) is 0. The smallest absolute Gasteiger partial charge is 0.232 e. The SMILES string of the molecule is Cc1ccccc1-n1c(SCC#N)nnc1N1CCOCC1. The Hall–Kier alpha value is -2.04. The summed E-state index contributed by atoms with van der Waals surface area (Å²) in [7, 11) is 0. The van der Waals surface area contributed by atoms with Gasteiger partial charge in [0.05, 0.1) is 30.7 Å². The van der Waals surface area contributed by atoms with Gasteiger partial charge in [-0.05, 0) is 18.6 Å². The normalized spacial score (nSPS) is 14.8. The van der Waals surface area contributed by atoms with Crippen molar-refractivity contribution in [3.63, 3.8) is 0 Å². The van der Waals surface area contributed by atoms with Crippen LogP contribution in [0.3, 0.4) is 0 Å². The van der Waals surface area contributed by atoms with Crippen LogP contribution in [0.15, 0.2) is 29.4 Å². The molecule has 22 heavy (non-hydrogen) atoms. The molecular formula is C15H17N5OS. The van der Waals surface area contributed by atoms with Crippen molar-refractivity contribution in [3.8, 4) is 11.8 Å². The molecule has 1 aromatic carbocycles. The molecule has 0 unspecified atom stereocenters. The van der Waals surface area contributed by atoms with E-state index in [9.17, 15) is 0 Å². The first-order chi connectivity index (χ1) is 10.8. The fraction of sp³-hybridized carbons (Fsp3) is 0.400. The summed E-state index contributed by atoms with van der Waals surface area (Å²) in [5.74, 6) is 1.17. The van der Waals surface area contributed by atoms with E-state index >= 15 is 0 Å². The third-order valence-corrected chi connectivity index (χ3v) is 4.33. The molecule has 6 nitrogen and oxygen atoms in total. The molecule has 2 heterocycles. The van der Waals surface area contributed by atoms with E-state index in [0.717, 1.165) is 35.4 Å². The lowest BCUT2D eigenvalue weighted by Gasteiger charge is -2.28. The lowest BCUT2D eigenvalue weighted by molar-refractivity contribution is 0.122. The van der Waals surface area contributed by atoms with Gasteiger partial charge in [-0.2, -0.15) is 5.26 Å². The van der Waals surface area contributed by atoms with Crippen molar-refractivity contribution in [2.45, 2.75) is 12.1 Å². The van der Waals surface area contributed by atoms with Crippen molar-refractivity contribution in [1.82, 2.24) is 14.8 Å². The second-order valence-electron chi connectivity index (χ2n) is 4.95. The molecule has 2 aromatic rings. The minimum absolute atomic E-state index is 0.354. The lowest BCUT2D eigenvalue weighted by Crippen LogP contribution is -2.38. The topological polar surface area (TPSA) is 67.0 Å². The molecule has 0 aliphatic carbocycles. The van der Waals surface area contributed by atoms with Crippen molar-refractivity contribution < 1.29 is 4.74 Å². The summed E-state index contributed by atoms with van der Waals surface area (Å²) in [6.07, 6.45) is 0. The Morgan fingerprint density at radius 3 is 2.77 bits per heavy atom. The Morgan fingerprint density at radius 1 is 1.27 bits per heavy atom. The monoisotopic (exact) mass is 315 g/mol. The van der Waals surface area contributed by atoms with Gasteiger partial charge in [0.2, 0.25) is 5.95 Å². The minimum atomic E-state index is 0.354. The molecule has 7 heteroatoms. The van der Waals surface area contributed by atoms with E-state index in [1.54, 1.807) is 0 Å². The molecular weight excluding hydrogens is 298 g/mol. The second-order valence-corrected chi connectivity index (χ2v) is 5.89. The highest BCUT2D eigenvalue weighted by atomic mass is 32.2. The number of nitrogens with zero attached hydrogens (tertiary/aromatic N) is 5.